The van der Waals surface area contributed by atoms with E-state index in [0.717, 1.165) is 57.4 Å². The van der Waals surface area contributed by atoms with Gasteiger partial charge in [0.1, 0.15) is 23.9 Å². The third kappa shape index (κ3) is 11.8. The number of aryl methyl sites for hydroxylation is 1. The van der Waals surface area contributed by atoms with Gasteiger partial charge in [-0.15, -0.1) is 0 Å². The zero-order chi connectivity index (χ0) is 50.4. The summed E-state index contributed by atoms with van der Waals surface area (Å²) >= 11 is 0. The van der Waals surface area contributed by atoms with Gasteiger partial charge in [0.25, 0.3) is 5.91 Å². The number of rotatable bonds is 14. The molecule has 0 spiro atoms. The van der Waals surface area contributed by atoms with Crippen LogP contribution >= 0.6 is 0 Å². The summed E-state index contributed by atoms with van der Waals surface area (Å²) < 4.78 is 14.0. The number of carbonyl (C=O) groups excluding carboxylic acids is 5. The normalized spacial score (nSPS) is 20.1. The highest BCUT2D eigenvalue weighted by atomic mass is 16.5. The van der Waals surface area contributed by atoms with Crippen LogP contribution in [0, 0.1) is 17.3 Å². The zero-order valence-electron chi connectivity index (χ0n) is 42.7. The highest BCUT2D eigenvalue weighted by Crippen LogP contribution is 2.41. The van der Waals surface area contributed by atoms with Crippen molar-refractivity contribution in [1.82, 2.24) is 40.0 Å². The number of likely N-dealkylation sites (N-methyl/N-ethyl adjacent to an activating group) is 1. The van der Waals surface area contributed by atoms with Crippen molar-refractivity contribution in [2.75, 3.05) is 67.6 Å². The number of phenolic OH excluding ortho intramolecular Hbond substituents is 1. The molecule has 3 aliphatic heterocycles. The summed E-state index contributed by atoms with van der Waals surface area (Å²) in [5.74, 6) is -2.47. The van der Waals surface area contributed by atoms with Crippen LogP contribution in [-0.2, 0) is 59.3 Å². The third-order valence-electron chi connectivity index (χ3n) is 14.1. The van der Waals surface area contributed by atoms with Crippen molar-refractivity contribution in [3.63, 3.8) is 0 Å². The van der Waals surface area contributed by atoms with Gasteiger partial charge in [0.2, 0.25) is 17.7 Å². The van der Waals surface area contributed by atoms with Crippen LogP contribution in [0.1, 0.15) is 83.4 Å². The summed E-state index contributed by atoms with van der Waals surface area (Å²) in [6.45, 7) is 13.2. The van der Waals surface area contributed by atoms with E-state index in [1.807, 2.05) is 57.2 Å². The number of phenols is 1. The molecular weight excluding hydrogens is 889 g/mol. The highest BCUT2D eigenvalue weighted by molar-refractivity contribution is 5.96. The van der Waals surface area contributed by atoms with E-state index in [0.29, 0.717) is 70.3 Å². The van der Waals surface area contributed by atoms with E-state index in [1.54, 1.807) is 37.4 Å². The van der Waals surface area contributed by atoms with E-state index in [9.17, 15) is 29.1 Å². The second-order valence-corrected chi connectivity index (χ2v) is 20.9. The Hall–Kier alpha value is -5.84. The molecule has 3 aliphatic rings. The Kier molecular flexibility index (Phi) is 16.7. The Morgan fingerprint density at radius 1 is 1.04 bits per heavy atom. The average molecular weight is 963 g/mol. The number of amides is 4. The molecule has 7 rings (SSSR count). The molecule has 70 heavy (non-hydrogen) atoms. The third-order valence-corrected chi connectivity index (χ3v) is 14.1. The van der Waals surface area contributed by atoms with Gasteiger partial charge in [0.15, 0.2) is 0 Å². The molecule has 2 aromatic carbocycles. The van der Waals surface area contributed by atoms with Crippen molar-refractivity contribution in [1.29, 1.82) is 0 Å². The van der Waals surface area contributed by atoms with Gasteiger partial charge in [0.05, 0.1) is 24.8 Å². The molecule has 0 radical (unpaired) electrons. The van der Waals surface area contributed by atoms with Gasteiger partial charge >= 0.3 is 5.97 Å². The lowest BCUT2D eigenvalue weighted by Gasteiger charge is -2.37. The van der Waals surface area contributed by atoms with Gasteiger partial charge in [-0.25, -0.2) is 5.43 Å². The number of pyridine rings is 1. The molecule has 4 amide bonds. The van der Waals surface area contributed by atoms with Crippen molar-refractivity contribution in [2.24, 2.45) is 17.3 Å². The minimum absolute atomic E-state index is 0.00143. The number of likely N-dealkylation sites (tertiary alicyclic amines) is 1. The van der Waals surface area contributed by atoms with E-state index < -0.39 is 47.2 Å². The number of nitrogens with zero attached hydrogens (tertiary/aromatic N) is 6. The smallest absolute Gasteiger partial charge is 0.324 e. The van der Waals surface area contributed by atoms with Crippen LogP contribution in [0.2, 0.25) is 0 Å². The number of esters is 1. The van der Waals surface area contributed by atoms with Crippen LogP contribution in [-0.4, -0.2) is 150 Å². The number of ether oxygens (including phenoxy) is 2. The van der Waals surface area contributed by atoms with Gasteiger partial charge in [-0.1, -0.05) is 39.8 Å². The Labute approximate surface area is 413 Å². The Balaban J connectivity index is 1.25. The predicted molar refractivity (Wildman–Crippen MR) is 269 cm³/mol. The van der Waals surface area contributed by atoms with Gasteiger partial charge < -0.3 is 39.2 Å². The van der Waals surface area contributed by atoms with Crippen LogP contribution in [0.25, 0.3) is 33.3 Å². The number of carbonyl (C=O) groups is 5. The molecule has 2 fully saturated rings. The number of aromatic nitrogens is 2. The Morgan fingerprint density at radius 3 is 2.56 bits per heavy atom. The first-order valence-corrected chi connectivity index (χ1v) is 25.0. The fourth-order valence-corrected chi connectivity index (χ4v) is 10.6. The van der Waals surface area contributed by atoms with Crippen LogP contribution in [0.3, 0.4) is 0 Å². The van der Waals surface area contributed by atoms with Crippen molar-refractivity contribution in [2.45, 2.75) is 111 Å². The maximum Gasteiger partial charge on any atom is 0.324 e. The zero-order valence-corrected chi connectivity index (χ0v) is 42.7. The van der Waals surface area contributed by atoms with E-state index in [4.69, 9.17) is 9.47 Å². The number of aromatic hydroxyl groups is 1. The first-order chi connectivity index (χ1) is 33.4. The maximum absolute atomic E-state index is 14.8. The second-order valence-electron chi connectivity index (χ2n) is 20.9. The van der Waals surface area contributed by atoms with E-state index in [1.165, 1.54) is 9.91 Å². The quantitative estimate of drug-likeness (QED) is 0.134. The topological polar surface area (TPSA) is 179 Å². The molecule has 0 aliphatic carbocycles. The van der Waals surface area contributed by atoms with Gasteiger partial charge in [-0.3, -0.25) is 34.0 Å². The number of methoxy groups -OCH3 is 1. The minimum Gasteiger partial charge on any atom is -0.508 e. The minimum atomic E-state index is -1.16. The monoisotopic (exact) mass is 963 g/mol. The average Bonchev–Trinajstić information content (AvgIpc) is 3.94. The molecule has 6 bridgehead atoms. The van der Waals surface area contributed by atoms with E-state index >= 15 is 0 Å². The lowest BCUT2D eigenvalue weighted by atomic mass is 9.84. The fourth-order valence-electron chi connectivity index (χ4n) is 10.6. The van der Waals surface area contributed by atoms with Crippen LogP contribution in [0.15, 0.2) is 54.9 Å². The van der Waals surface area contributed by atoms with Crippen molar-refractivity contribution in [3.05, 3.63) is 71.5 Å². The van der Waals surface area contributed by atoms with Crippen LogP contribution in [0.4, 0.5) is 0 Å². The van der Waals surface area contributed by atoms with Crippen LogP contribution < -0.4 is 10.7 Å². The van der Waals surface area contributed by atoms with Gasteiger partial charge in [0, 0.05) is 87.5 Å². The first kappa shape index (κ1) is 52.0. The molecule has 16 nitrogen and oxygen atoms in total. The van der Waals surface area contributed by atoms with Crippen molar-refractivity contribution in [3.8, 4) is 28.1 Å². The SMILES string of the molecule is CCn1c(-c2cnccc2CCOC)c2c3cc(ccc31)-c1cc(O)cc(c1)C[C@H](NC(=O)[C@H](C(C)C)N(C)C(=O)[C@H]1CCN(C(=O)CCCN(C)C)C1)C(=O)N1CCC[C@H](N1)C(=O)OCC(C)(C)C2. The molecule has 16 heteroatoms. The molecule has 2 saturated heterocycles. The van der Waals surface area contributed by atoms with Gasteiger partial charge in [-0.2, -0.15) is 0 Å². The Morgan fingerprint density at radius 2 is 1.83 bits per heavy atom. The number of hydrogen-bond donors (Lipinski definition) is 3. The number of nitrogens with one attached hydrogen (secondary N) is 2. The number of cyclic esters (lactones) is 1. The van der Waals surface area contributed by atoms with E-state index in [2.05, 4.69) is 53.2 Å². The lowest BCUT2D eigenvalue weighted by molar-refractivity contribution is -0.155. The molecular formula is C54H74N8O8. The number of hydrazine groups is 1. The summed E-state index contributed by atoms with van der Waals surface area (Å²) in [7, 11) is 7.24. The summed E-state index contributed by atoms with van der Waals surface area (Å²) in [5, 5.41) is 16.8. The molecule has 2 aromatic heterocycles. The highest BCUT2D eigenvalue weighted by Gasteiger charge is 2.40. The van der Waals surface area contributed by atoms with Crippen molar-refractivity contribution >= 4 is 40.5 Å². The largest absolute Gasteiger partial charge is 0.508 e. The molecule has 5 heterocycles. The molecule has 378 valence electrons. The fraction of sp³-hybridized carbons (Fsp3) is 0.556. The number of hydrogen-bond acceptors (Lipinski definition) is 11. The Bertz CT molecular complexity index is 2550. The summed E-state index contributed by atoms with van der Waals surface area (Å²) in [6.07, 6.45) is 7.56. The second kappa shape index (κ2) is 22.5. The van der Waals surface area contributed by atoms with E-state index in [-0.39, 0.29) is 43.1 Å². The number of fused-ring (bicyclic) bond motifs is 6. The first-order valence-electron chi connectivity index (χ1n) is 25.0. The maximum atomic E-state index is 14.8. The van der Waals surface area contributed by atoms with Crippen LogP contribution in [0.5, 0.6) is 5.75 Å². The molecule has 4 atom stereocenters. The van der Waals surface area contributed by atoms with Crippen molar-refractivity contribution < 1.29 is 38.6 Å². The lowest BCUT2D eigenvalue weighted by Crippen LogP contribution is -2.62. The summed E-state index contributed by atoms with van der Waals surface area (Å²) in [4.78, 5) is 80.4. The summed E-state index contributed by atoms with van der Waals surface area (Å²) in [6, 6.07) is 10.7. The molecule has 3 N–H and O–H groups in total. The summed E-state index contributed by atoms with van der Waals surface area (Å²) in [5.41, 5.74) is 10.0. The molecule has 0 unspecified atom stereocenters. The number of benzene rings is 2. The molecule has 4 aromatic rings. The van der Waals surface area contributed by atoms with Gasteiger partial charge in [-0.05, 0) is 130 Å². The predicted octanol–water partition coefficient (Wildman–Crippen LogP) is 5.61. The molecule has 0 saturated carbocycles. The standard InChI is InChI=1S/C54H74N8O8/c1-10-61-46-16-15-37-29-41(46)42(49(61)43-31-55-20-17-36(43)19-24-69-9)30-54(4,5)33-70-53(68)44-13-11-22-62(57-44)52(67)45(27-35-25-39(37)28-40(63)26-35)56-50(65)48(34(2)3)59(8)51(66)38-18-23-60(32-38)47(64)14-12-21-58(6)7/h15-17,20,25-26,28-29,31,34,38,44-45,48,57,63H,10-14,18-19,21-24,27,30,32-33H2,1-9H3,(H,56,65)/t38-,44-,45-,48-/m0/s1.